The summed E-state index contributed by atoms with van der Waals surface area (Å²) in [7, 11) is -1.97. The number of halogens is 2. The van der Waals surface area contributed by atoms with Crippen molar-refractivity contribution in [2.45, 2.75) is 6.55 Å². The molecule has 0 aliphatic heterocycles. The zero-order valence-corrected chi connectivity index (χ0v) is 16.4. The van der Waals surface area contributed by atoms with Gasteiger partial charge in [0.25, 0.3) is 0 Å². The molecule has 3 rings (SSSR count). The molecule has 0 N–H and O–H groups in total. The second-order valence-corrected chi connectivity index (χ2v) is 11.3. The normalized spacial score (nSPS) is 11.4. The summed E-state index contributed by atoms with van der Waals surface area (Å²) in [6, 6.07) is 28.5. The van der Waals surface area contributed by atoms with E-state index < -0.39 is 8.07 Å². The second-order valence-electron chi connectivity index (χ2n) is 5.50. The number of hydrogen-bond acceptors (Lipinski definition) is 0. The molecule has 0 spiro atoms. The van der Waals surface area contributed by atoms with Gasteiger partial charge in [0.05, 0.1) is 0 Å². The third-order valence-electron chi connectivity index (χ3n) is 4.19. The van der Waals surface area contributed by atoms with Crippen LogP contribution in [0.1, 0.15) is 0 Å². The van der Waals surface area contributed by atoms with E-state index in [9.17, 15) is 0 Å². The van der Waals surface area contributed by atoms with Crippen molar-refractivity contribution in [3.8, 4) is 0 Å². The lowest BCUT2D eigenvalue weighted by molar-refractivity contribution is 1.63. The summed E-state index contributed by atoms with van der Waals surface area (Å²) in [5, 5.41) is 4.27. The summed E-state index contributed by atoms with van der Waals surface area (Å²) < 4.78 is 2.24. The van der Waals surface area contributed by atoms with Crippen LogP contribution in [0.3, 0.4) is 0 Å². The Bertz CT molecular complexity index is 704. The van der Waals surface area contributed by atoms with Gasteiger partial charge >= 0.3 is 0 Å². The molecule has 0 amide bonds. The van der Waals surface area contributed by atoms with E-state index >= 15 is 0 Å². The van der Waals surface area contributed by atoms with Gasteiger partial charge in [0.1, 0.15) is 8.07 Å². The van der Waals surface area contributed by atoms with Crippen molar-refractivity contribution >= 4 is 55.5 Å². The first kappa shape index (κ1) is 15.7. The van der Waals surface area contributed by atoms with Crippen molar-refractivity contribution in [1.29, 1.82) is 0 Å². The van der Waals surface area contributed by atoms with Crippen molar-refractivity contribution in [2.75, 3.05) is 0 Å². The maximum Gasteiger partial charge on any atom is 0.145 e. The van der Waals surface area contributed by atoms with Gasteiger partial charge in [0.15, 0.2) is 0 Å². The van der Waals surface area contributed by atoms with E-state index in [0.29, 0.717) is 0 Å². The topological polar surface area (TPSA) is 0 Å². The molecule has 3 heteroatoms. The molecule has 0 unspecified atom stereocenters. The Hall–Kier alpha value is -1.16. The standard InChI is InChI=1S/C19H16Br2Si/c1-22(17-5-3-2-4-6-17,18-11-7-15(20)8-12-18)19-13-9-16(21)10-14-19/h2-14H,1H3. The minimum Gasteiger partial charge on any atom is -0.0624 e. The van der Waals surface area contributed by atoms with E-state index in [4.69, 9.17) is 0 Å². The molecular weight excluding hydrogens is 416 g/mol. The van der Waals surface area contributed by atoms with Gasteiger partial charge in [-0.25, -0.2) is 0 Å². The molecule has 3 aromatic rings. The lowest BCUT2D eigenvalue weighted by Crippen LogP contribution is -2.64. The first-order valence-electron chi connectivity index (χ1n) is 7.18. The third-order valence-corrected chi connectivity index (χ3v) is 9.72. The van der Waals surface area contributed by atoms with Crippen LogP contribution < -0.4 is 15.6 Å². The smallest absolute Gasteiger partial charge is 0.0624 e. The maximum absolute atomic E-state index is 3.54. The fourth-order valence-electron chi connectivity index (χ4n) is 2.84. The van der Waals surface area contributed by atoms with Crippen LogP contribution in [0.4, 0.5) is 0 Å². The van der Waals surface area contributed by atoms with Crippen LogP contribution in [0.2, 0.25) is 6.55 Å². The van der Waals surface area contributed by atoms with Crippen molar-refractivity contribution in [3.05, 3.63) is 87.8 Å². The fourth-order valence-corrected chi connectivity index (χ4v) is 6.89. The Kier molecular flexibility index (Phi) is 4.66. The van der Waals surface area contributed by atoms with Crippen LogP contribution in [0.5, 0.6) is 0 Å². The molecule has 0 nitrogen and oxygen atoms in total. The molecule has 0 fully saturated rings. The molecule has 0 atom stereocenters. The summed E-state index contributed by atoms with van der Waals surface area (Å²) in [6.45, 7) is 2.43. The molecule has 0 saturated heterocycles. The Labute approximate surface area is 149 Å². The lowest BCUT2D eigenvalue weighted by atomic mass is 10.3. The Morgan fingerprint density at radius 2 is 0.909 bits per heavy atom. The van der Waals surface area contributed by atoms with E-state index in [2.05, 4.69) is 117 Å². The fraction of sp³-hybridized carbons (Fsp3) is 0.0526. The summed E-state index contributed by atoms with van der Waals surface area (Å²) in [5.74, 6) is 0. The van der Waals surface area contributed by atoms with Crippen LogP contribution >= 0.6 is 31.9 Å². The van der Waals surface area contributed by atoms with Crippen LogP contribution in [-0.4, -0.2) is 8.07 Å². The number of rotatable bonds is 3. The monoisotopic (exact) mass is 430 g/mol. The van der Waals surface area contributed by atoms with Crippen molar-refractivity contribution < 1.29 is 0 Å². The van der Waals surface area contributed by atoms with Gasteiger partial charge in [-0.1, -0.05) is 93.0 Å². The predicted molar refractivity (Wildman–Crippen MR) is 105 cm³/mol. The highest BCUT2D eigenvalue weighted by molar-refractivity contribution is 9.10. The molecule has 0 aliphatic rings. The molecule has 0 heterocycles. The van der Waals surface area contributed by atoms with E-state index in [-0.39, 0.29) is 0 Å². The molecule has 0 bridgehead atoms. The van der Waals surface area contributed by atoms with E-state index in [0.717, 1.165) is 8.95 Å². The molecular formula is C19H16Br2Si. The highest BCUT2D eigenvalue weighted by atomic mass is 79.9. The van der Waals surface area contributed by atoms with Crippen LogP contribution in [0, 0.1) is 0 Å². The summed E-state index contributed by atoms with van der Waals surface area (Å²) >= 11 is 7.09. The van der Waals surface area contributed by atoms with Gasteiger partial charge in [0.2, 0.25) is 0 Å². The highest BCUT2D eigenvalue weighted by Gasteiger charge is 2.33. The van der Waals surface area contributed by atoms with Crippen LogP contribution in [0.15, 0.2) is 87.8 Å². The summed E-state index contributed by atoms with van der Waals surface area (Å²) in [5.41, 5.74) is 0. The first-order chi connectivity index (χ1) is 10.6. The quantitative estimate of drug-likeness (QED) is 0.428. The number of benzene rings is 3. The molecule has 0 aliphatic carbocycles. The molecule has 0 aromatic heterocycles. The lowest BCUT2D eigenvalue weighted by Gasteiger charge is -2.29. The average molecular weight is 432 g/mol. The second kappa shape index (κ2) is 6.53. The largest absolute Gasteiger partial charge is 0.145 e. The SMILES string of the molecule is C[Si](c1ccccc1)(c1ccc(Br)cc1)c1ccc(Br)cc1. The third kappa shape index (κ3) is 2.98. The van der Waals surface area contributed by atoms with Crippen molar-refractivity contribution in [3.63, 3.8) is 0 Å². The Morgan fingerprint density at radius 3 is 1.32 bits per heavy atom. The van der Waals surface area contributed by atoms with Gasteiger partial charge in [-0.15, -0.1) is 0 Å². The average Bonchev–Trinajstić information content (AvgIpc) is 2.56. The Morgan fingerprint density at radius 1 is 0.545 bits per heavy atom. The number of hydrogen-bond donors (Lipinski definition) is 0. The predicted octanol–water partition coefficient (Wildman–Crippen LogP) is 4.31. The van der Waals surface area contributed by atoms with Crippen LogP contribution in [-0.2, 0) is 0 Å². The zero-order valence-electron chi connectivity index (χ0n) is 12.3. The van der Waals surface area contributed by atoms with E-state index in [1.54, 1.807) is 0 Å². The Balaban J connectivity index is 2.22. The summed E-state index contributed by atoms with van der Waals surface area (Å²) in [4.78, 5) is 0. The van der Waals surface area contributed by atoms with Crippen molar-refractivity contribution in [1.82, 2.24) is 0 Å². The zero-order chi connectivity index (χ0) is 15.6. The first-order valence-corrected chi connectivity index (χ1v) is 11.3. The maximum atomic E-state index is 3.54. The highest BCUT2D eigenvalue weighted by Crippen LogP contribution is 2.13. The van der Waals surface area contributed by atoms with Gasteiger partial charge in [-0.2, -0.15) is 0 Å². The van der Waals surface area contributed by atoms with Crippen molar-refractivity contribution in [2.24, 2.45) is 0 Å². The summed E-state index contributed by atoms with van der Waals surface area (Å²) in [6.07, 6.45) is 0. The van der Waals surface area contributed by atoms with E-state index in [1.165, 1.54) is 15.6 Å². The molecule has 3 aromatic carbocycles. The van der Waals surface area contributed by atoms with Gasteiger partial charge in [-0.3, -0.25) is 0 Å². The van der Waals surface area contributed by atoms with Gasteiger partial charge < -0.3 is 0 Å². The van der Waals surface area contributed by atoms with Gasteiger partial charge in [0, 0.05) is 8.95 Å². The minimum atomic E-state index is -1.97. The molecule has 110 valence electrons. The van der Waals surface area contributed by atoms with E-state index in [1.807, 2.05) is 0 Å². The molecule has 0 saturated carbocycles. The minimum absolute atomic E-state index is 1.12. The molecule has 22 heavy (non-hydrogen) atoms. The van der Waals surface area contributed by atoms with Crippen LogP contribution in [0.25, 0.3) is 0 Å². The van der Waals surface area contributed by atoms with Gasteiger partial charge in [-0.05, 0) is 39.8 Å². The molecule has 0 radical (unpaired) electrons.